The Balaban J connectivity index is 0.986. The zero-order valence-corrected chi connectivity index (χ0v) is 21.3. The number of aromatic nitrogens is 1. The third kappa shape index (κ3) is 3.72. The van der Waals surface area contributed by atoms with Crippen molar-refractivity contribution in [3.8, 4) is 0 Å². The van der Waals surface area contributed by atoms with Gasteiger partial charge in [-0.25, -0.2) is 0 Å². The van der Waals surface area contributed by atoms with Crippen LogP contribution in [0.5, 0.6) is 0 Å². The number of imide groups is 1. The van der Waals surface area contributed by atoms with Gasteiger partial charge in [0.25, 0.3) is 0 Å². The summed E-state index contributed by atoms with van der Waals surface area (Å²) in [5.74, 6) is 3.59. The van der Waals surface area contributed by atoms with E-state index in [1.165, 1.54) is 29.3 Å². The van der Waals surface area contributed by atoms with Gasteiger partial charge in [0.15, 0.2) is 0 Å². The predicted molar refractivity (Wildman–Crippen MR) is 138 cm³/mol. The van der Waals surface area contributed by atoms with Crippen LogP contribution in [0.4, 0.5) is 5.82 Å². The van der Waals surface area contributed by atoms with Gasteiger partial charge >= 0.3 is 0 Å². The molecule has 3 saturated carbocycles. The van der Waals surface area contributed by atoms with Gasteiger partial charge in [0.05, 0.1) is 16.5 Å². The van der Waals surface area contributed by atoms with E-state index in [4.69, 9.17) is 4.37 Å². The topological polar surface area (TPSA) is 56.8 Å². The summed E-state index contributed by atoms with van der Waals surface area (Å²) in [6, 6.07) is 8.54. The highest BCUT2D eigenvalue weighted by Gasteiger charge is 2.61. The Hall–Kier alpha value is -1.99. The Labute approximate surface area is 211 Å². The molecule has 2 aliphatic heterocycles. The lowest BCUT2D eigenvalue weighted by Crippen LogP contribution is -2.49. The third-order valence-corrected chi connectivity index (χ3v) is 10.8. The molecule has 2 bridgehead atoms. The van der Waals surface area contributed by atoms with Gasteiger partial charge in [-0.3, -0.25) is 19.4 Å². The summed E-state index contributed by atoms with van der Waals surface area (Å²) in [7, 11) is 0. The molecule has 5 aliphatic rings. The third-order valence-electron chi connectivity index (χ3n) is 10.0. The van der Waals surface area contributed by atoms with Crippen molar-refractivity contribution in [1.82, 2.24) is 14.2 Å². The number of nitrogens with zero attached hydrogens (tertiary/aromatic N) is 4. The number of hydrogen-bond donors (Lipinski definition) is 0. The molecule has 2 saturated heterocycles. The number of carbonyl (C=O) groups excluding carboxylic acids is 2. The first-order valence-corrected chi connectivity index (χ1v) is 14.6. The fourth-order valence-corrected chi connectivity index (χ4v) is 9.02. The lowest BCUT2D eigenvalue weighted by atomic mass is 9.78. The van der Waals surface area contributed by atoms with Crippen molar-refractivity contribution in [2.75, 3.05) is 44.2 Å². The molecule has 0 radical (unpaired) electrons. The number of rotatable bonds is 5. The molecular weight excluding hydrogens is 456 g/mol. The Morgan fingerprint density at radius 3 is 2.20 bits per heavy atom. The van der Waals surface area contributed by atoms with Gasteiger partial charge in [-0.2, -0.15) is 4.37 Å². The van der Waals surface area contributed by atoms with Crippen molar-refractivity contribution in [3.05, 3.63) is 24.3 Å². The Bertz CT molecular complexity index is 1100. The second-order valence-corrected chi connectivity index (χ2v) is 12.6. The Kier molecular flexibility index (Phi) is 5.61. The average molecular weight is 493 g/mol. The first-order chi connectivity index (χ1) is 17.2. The summed E-state index contributed by atoms with van der Waals surface area (Å²) in [6.45, 7) is 5.93. The second kappa shape index (κ2) is 8.84. The standard InChI is InChI=1S/C28H36N4O2S/c33-27-24-18-9-10-19(15-18)25(24)28(34)32(27)17-21-6-2-1-5-20(21)16-30-11-13-31(14-12-30)26-22-7-3-4-8-23(22)35-29-26/h3-4,7-8,18-21,24-25H,1-2,5-6,9-17H2/t18-,19?,20-,21-,24?,25?/m0/s1. The number of piperazine rings is 1. The Morgan fingerprint density at radius 2 is 1.49 bits per heavy atom. The van der Waals surface area contributed by atoms with Crippen LogP contribution in [-0.4, -0.2) is 65.3 Å². The fourth-order valence-electron chi connectivity index (χ4n) is 8.22. The van der Waals surface area contributed by atoms with Gasteiger partial charge in [0.2, 0.25) is 11.8 Å². The van der Waals surface area contributed by atoms with Crippen molar-refractivity contribution >= 4 is 39.3 Å². The van der Waals surface area contributed by atoms with Crippen LogP contribution in [0.3, 0.4) is 0 Å². The van der Waals surface area contributed by atoms with E-state index in [2.05, 4.69) is 34.1 Å². The van der Waals surface area contributed by atoms with E-state index < -0.39 is 0 Å². The monoisotopic (exact) mass is 492 g/mol. The summed E-state index contributed by atoms with van der Waals surface area (Å²) in [5.41, 5.74) is 0. The summed E-state index contributed by atoms with van der Waals surface area (Å²) in [5, 5.41) is 1.27. The number of hydrogen-bond acceptors (Lipinski definition) is 6. The van der Waals surface area contributed by atoms with Crippen molar-refractivity contribution in [3.63, 3.8) is 0 Å². The van der Waals surface area contributed by atoms with Crippen LogP contribution < -0.4 is 4.90 Å². The maximum absolute atomic E-state index is 13.3. The quantitative estimate of drug-likeness (QED) is 0.584. The summed E-state index contributed by atoms with van der Waals surface area (Å²) in [4.78, 5) is 33.4. The van der Waals surface area contributed by atoms with Gasteiger partial charge in [-0.05, 0) is 79.4 Å². The van der Waals surface area contributed by atoms with E-state index >= 15 is 0 Å². The minimum atomic E-state index is 0.0261. The zero-order valence-electron chi connectivity index (χ0n) is 20.5. The molecular formula is C28H36N4O2S. The number of carbonyl (C=O) groups is 2. The van der Waals surface area contributed by atoms with E-state index in [-0.39, 0.29) is 23.7 Å². The molecule has 2 aromatic rings. The number of likely N-dealkylation sites (tertiary alicyclic amines) is 1. The molecule has 3 heterocycles. The van der Waals surface area contributed by atoms with Crippen LogP contribution in [-0.2, 0) is 9.59 Å². The molecule has 3 unspecified atom stereocenters. The molecule has 7 heteroatoms. The molecule has 1 aromatic carbocycles. The maximum atomic E-state index is 13.3. The van der Waals surface area contributed by atoms with Gasteiger partial charge in [-0.1, -0.05) is 25.0 Å². The van der Waals surface area contributed by atoms with Crippen molar-refractivity contribution in [2.45, 2.75) is 44.9 Å². The molecule has 0 N–H and O–H groups in total. The Morgan fingerprint density at radius 1 is 0.829 bits per heavy atom. The van der Waals surface area contributed by atoms with Gasteiger partial charge < -0.3 is 4.90 Å². The molecule has 3 aliphatic carbocycles. The van der Waals surface area contributed by atoms with Crippen LogP contribution in [0, 0.1) is 35.5 Å². The van der Waals surface area contributed by atoms with Crippen molar-refractivity contribution in [1.29, 1.82) is 0 Å². The number of amides is 2. The number of fused-ring (bicyclic) bond motifs is 6. The number of benzene rings is 1. The van der Waals surface area contributed by atoms with E-state index in [0.29, 0.717) is 30.2 Å². The smallest absolute Gasteiger partial charge is 0.233 e. The predicted octanol–water partition coefficient (Wildman–Crippen LogP) is 4.26. The minimum absolute atomic E-state index is 0.0261. The van der Waals surface area contributed by atoms with Crippen LogP contribution >= 0.6 is 11.5 Å². The minimum Gasteiger partial charge on any atom is -0.353 e. The summed E-state index contributed by atoms with van der Waals surface area (Å²) < 4.78 is 6.02. The first kappa shape index (κ1) is 22.2. The summed E-state index contributed by atoms with van der Waals surface area (Å²) >= 11 is 1.60. The molecule has 6 nitrogen and oxygen atoms in total. The van der Waals surface area contributed by atoms with Crippen molar-refractivity contribution in [2.24, 2.45) is 35.5 Å². The van der Waals surface area contributed by atoms with Gasteiger partial charge in [0.1, 0.15) is 5.82 Å². The van der Waals surface area contributed by atoms with E-state index in [9.17, 15) is 9.59 Å². The SMILES string of the molecule is O=C1C2C3CC[C@@H](C3)C2C(=O)N1C[C@@H]1CCCC[C@H]1CN1CCN(c2nsc3ccccc23)CC1. The van der Waals surface area contributed by atoms with Crippen LogP contribution in [0.2, 0.25) is 0 Å². The summed E-state index contributed by atoms with van der Waals surface area (Å²) in [6.07, 6.45) is 8.35. The van der Waals surface area contributed by atoms with E-state index in [0.717, 1.165) is 64.2 Å². The molecule has 6 atom stereocenters. The zero-order chi connectivity index (χ0) is 23.5. The van der Waals surface area contributed by atoms with Crippen LogP contribution in [0.15, 0.2) is 24.3 Å². The lowest BCUT2D eigenvalue weighted by Gasteiger charge is -2.40. The molecule has 186 valence electrons. The second-order valence-electron chi connectivity index (χ2n) is 11.8. The molecule has 2 amide bonds. The van der Waals surface area contributed by atoms with E-state index in [1.54, 1.807) is 16.4 Å². The highest BCUT2D eigenvalue weighted by atomic mass is 32.1. The molecule has 0 spiro atoms. The average Bonchev–Trinajstić information content (AvgIpc) is 3.66. The normalized spacial score (nSPS) is 35.4. The molecule has 7 rings (SSSR count). The van der Waals surface area contributed by atoms with Crippen LogP contribution in [0.25, 0.3) is 10.1 Å². The highest BCUT2D eigenvalue weighted by Crippen LogP contribution is 2.56. The van der Waals surface area contributed by atoms with E-state index in [1.807, 2.05) is 0 Å². The molecule has 1 aromatic heterocycles. The fraction of sp³-hybridized carbons (Fsp3) is 0.679. The largest absolute Gasteiger partial charge is 0.353 e. The van der Waals surface area contributed by atoms with Gasteiger partial charge in [-0.15, -0.1) is 0 Å². The molecule has 35 heavy (non-hydrogen) atoms. The lowest BCUT2D eigenvalue weighted by molar-refractivity contribution is -0.142. The maximum Gasteiger partial charge on any atom is 0.233 e. The molecule has 5 fully saturated rings. The number of anilines is 1. The van der Waals surface area contributed by atoms with Gasteiger partial charge in [0, 0.05) is 44.7 Å². The van der Waals surface area contributed by atoms with Crippen molar-refractivity contribution < 1.29 is 9.59 Å². The highest BCUT2D eigenvalue weighted by molar-refractivity contribution is 7.13. The van der Waals surface area contributed by atoms with Crippen LogP contribution in [0.1, 0.15) is 44.9 Å². The first-order valence-electron chi connectivity index (χ1n) is 13.8.